The van der Waals surface area contributed by atoms with Gasteiger partial charge in [0.15, 0.2) is 11.5 Å². The van der Waals surface area contributed by atoms with Gasteiger partial charge < -0.3 is 19.9 Å². The number of nitrogens with zero attached hydrogens (tertiary/aromatic N) is 1. The fraction of sp³-hybridized carbons (Fsp3) is 0.435. The summed E-state index contributed by atoms with van der Waals surface area (Å²) >= 11 is 1.79. The van der Waals surface area contributed by atoms with Crippen LogP contribution in [0.3, 0.4) is 0 Å². The summed E-state index contributed by atoms with van der Waals surface area (Å²) < 4.78 is 10.5. The second-order valence-electron chi connectivity index (χ2n) is 7.77. The molecule has 2 aromatic rings. The Hall–Kier alpha value is -2.38. The maximum atomic E-state index is 12.9. The second kappa shape index (κ2) is 10.1. The Morgan fingerprint density at radius 2 is 1.93 bits per heavy atom. The first kappa shape index (κ1) is 22.3. The van der Waals surface area contributed by atoms with E-state index >= 15 is 0 Å². The lowest BCUT2D eigenvalue weighted by atomic mass is 10.1. The Kier molecular flexibility index (Phi) is 7.50. The summed E-state index contributed by atoms with van der Waals surface area (Å²) in [5.41, 5.74) is 1.00. The topological polar surface area (TPSA) is 71.0 Å². The van der Waals surface area contributed by atoms with Crippen molar-refractivity contribution in [1.82, 2.24) is 10.2 Å². The molecule has 1 aliphatic rings. The third-order valence-corrected chi connectivity index (χ3v) is 6.31. The van der Waals surface area contributed by atoms with Crippen LogP contribution < -0.4 is 14.8 Å². The largest absolute Gasteiger partial charge is 0.504 e. The van der Waals surface area contributed by atoms with Crippen molar-refractivity contribution in [3.63, 3.8) is 0 Å². The molecule has 0 unspecified atom stereocenters. The average molecular weight is 431 g/mol. The Labute approximate surface area is 182 Å². The molecular formula is C23H30N2O4S. The van der Waals surface area contributed by atoms with Gasteiger partial charge in [0.25, 0.3) is 0 Å². The van der Waals surface area contributed by atoms with Gasteiger partial charge in [-0.15, -0.1) is 11.8 Å². The fourth-order valence-corrected chi connectivity index (χ4v) is 4.90. The highest BCUT2D eigenvalue weighted by Gasteiger charge is 2.37. The number of phenols is 1. The Morgan fingerprint density at radius 1 is 1.20 bits per heavy atom. The number of benzene rings is 2. The van der Waals surface area contributed by atoms with Crippen molar-refractivity contribution in [3.05, 3.63) is 48.0 Å². The van der Waals surface area contributed by atoms with Crippen LogP contribution in [0.1, 0.15) is 25.8 Å². The molecule has 1 heterocycles. The van der Waals surface area contributed by atoms with Crippen molar-refractivity contribution in [1.29, 1.82) is 0 Å². The van der Waals surface area contributed by atoms with Crippen molar-refractivity contribution in [3.8, 4) is 17.2 Å². The number of likely N-dealkylation sites (tertiary alicyclic amines) is 1. The fourth-order valence-electron chi connectivity index (χ4n) is 3.68. The predicted octanol–water partition coefficient (Wildman–Crippen LogP) is 3.67. The smallest absolute Gasteiger partial charge is 0.237 e. The van der Waals surface area contributed by atoms with Crippen LogP contribution >= 0.6 is 11.8 Å². The lowest BCUT2D eigenvalue weighted by Crippen LogP contribution is -2.45. The normalized spacial score (nSPS) is 19.1. The number of amides is 1. The number of carbonyl (C=O) groups excluding carboxylic acids is 1. The van der Waals surface area contributed by atoms with E-state index < -0.39 is 0 Å². The van der Waals surface area contributed by atoms with Crippen LogP contribution in [0.25, 0.3) is 0 Å². The molecule has 0 aromatic heterocycles. The molecule has 2 aromatic carbocycles. The SMILES string of the molecule is COc1ccc(S[C@@H]2C[C@@H](C(=O)NC(C)C)N(Cc3ccc(O)c(OC)c3)C2)cc1. The highest BCUT2D eigenvalue weighted by molar-refractivity contribution is 8.00. The minimum Gasteiger partial charge on any atom is -0.504 e. The van der Waals surface area contributed by atoms with E-state index in [1.165, 1.54) is 7.11 Å². The first-order valence-electron chi connectivity index (χ1n) is 10.1. The van der Waals surface area contributed by atoms with Gasteiger partial charge in [-0.25, -0.2) is 0 Å². The van der Waals surface area contributed by atoms with E-state index in [1.807, 2.05) is 38.1 Å². The molecule has 7 heteroatoms. The van der Waals surface area contributed by atoms with Gasteiger partial charge in [0.1, 0.15) is 5.75 Å². The average Bonchev–Trinajstić information content (AvgIpc) is 3.11. The summed E-state index contributed by atoms with van der Waals surface area (Å²) in [5.74, 6) is 1.46. The molecule has 6 nitrogen and oxygen atoms in total. The Balaban J connectivity index is 1.74. The Morgan fingerprint density at radius 3 is 2.57 bits per heavy atom. The molecule has 0 aliphatic carbocycles. The minimum atomic E-state index is -0.192. The van der Waals surface area contributed by atoms with Gasteiger partial charge in [0.05, 0.1) is 20.3 Å². The molecule has 1 saturated heterocycles. The van der Waals surface area contributed by atoms with Crippen molar-refractivity contribution in [2.45, 2.75) is 49.0 Å². The van der Waals surface area contributed by atoms with E-state index in [1.54, 1.807) is 24.9 Å². The number of carbonyl (C=O) groups is 1. The van der Waals surface area contributed by atoms with E-state index in [-0.39, 0.29) is 23.7 Å². The molecule has 0 bridgehead atoms. The lowest BCUT2D eigenvalue weighted by molar-refractivity contribution is -0.126. The summed E-state index contributed by atoms with van der Waals surface area (Å²) in [6, 6.07) is 13.3. The molecule has 0 spiro atoms. The van der Waals surface area contributed by atoms with Gasteiger partial charge >= 0.3 is 0 Å². The van der Waals surface area contributed by atoms with Crippen molar-refractivity contribution in [2.24, 2.45) is 0 Å². The molecule has 1 aliphatic heterocycles. The molecule has 2 N–H and O–H groups in total. The van der Waals surface area contributed by atoms with E-state index in [0.717, 1.165) is 29.2 Å². The van der Waals surface area contributed by atoms with Crippen LogP contribution in [0.4, 0.5) is 0 Å². The minimum absolute atomic E-state index is 0.0635. The summed E-state index contributed by atoms with van der Waals surface area (Å²) in [4.78, 5) is 16.2. The highest BCUT2D eigenvalue weighted by Crippen LogP contribution is 2.35. The number of hydrogen-bond acceptors (Lipinski definition) is 6. The van der Waals surface area contributed by atoms with E-state index in [9.17, 15) is 9.90 Å². The third kappa shape index (κ3) is 5.61. The molecular weight excluding hydrogens is 400 g/mol. The molecule has 2 atom stereocenters. The van der Waals surface area contributed by atoms with Crippen LogP contribution in [-0.4, -0.2) is 54.0 Å². The maximum Gasteiger partial charge on any atom is 0.237 e. The predicted molar refractivity (Wildman–Crippen MR) is 119 cm³/mol. The molecule has 3 rings (SSSR count). The molecule has 162 valence electrons. The summed E-state index contributed by atoms with van der Waals surface area (Å²) in [5, 5.41) is 13.2. The van der Waals surface area contributed by atoms with Gasteiger partial charge in [0.2, 0.25) is 5.91 Å². The third-order valence-electron chi connectivity index (χ3n) is 5.09. The number of methoxy groups -OCH3 is 2. The molecule has 0 saturated carbocycles. The number of ether oxygens (including phenoxy) is 2. The maximum absolute atomic E-state index is 12.9. The molecule has 30 heavy (non-hydrogen) atoms. The van der Waals surface area contributed by atoms with E-state index in [2.05, 4.69) is 22.3 Å². The van der Waals surface area contributed by atoms with Gasteiger partial charge in [-0.1, -0.05) is 6.07 Å². The number of phenolic OH excluding ortho intramolecular Hbond substituents is 1. The molecule has 1 amide bonds. The van der Waals surface area contributed by atoms with E-state index in [0.29, 0.717) is 17.5 Å². The van der Waals surface area contributed by atoms with Crippen molar-refractivity contribution in [2.75, 3.05) is 20.8 Å². The van der Waals surface area contributed by atoms with Gasteiger partial charge in [0, 0.05) is 29.3 Å². The molecule has 1 fully saturated rings. The number of hydrogen-bond donors (Lipinski definition) is 2. The zero-order valence-electron chi connectivity index (χ0n) is 17.9. The van der Waals surface area contributed by atoms with Gasteiger partial charge in [-0.2, -0.15) is 0 Å². The lowest BCUT2D eigenvalue weighted by Gasteiger charge is -2.24. The van der Waals surface area contributed by atoms with Crippen molar-refractivity contribution < 1.29 is 19.4 Å². The summed E-state index contributed by atoms with van der Waals surface area (Å²) in [6.07, 6.45) is 0.782. The first-order chi connectivity index (χ1) is 14.4. The zero-order valence-corrected chi connectivity index (χ0v) is 18.7. The number of aromatic hydroxyl groups is 1. The van der Waals surface area contributed by atoms with Gasteiger partial charge in [-0.3, -0.25) is 9.69 Å². The number of rotatable bonds is 8. The standard InChI is InChI=1S/C23H30N2O4S/c1-15(2)24-23(27)20-12-19(30-18-8-6-17(28-3)7-9-18)14-25(20)13-16-5-10-21(26)22(11-16)29-4/h5-11,15,19-20,26H,12-14H2,1-4H3,(H,24,27)/t19-,20+/m1/s1. The summed E-state index contributed by atoms with van der Waals surface area (Å²) in [6.45, 7) is 5.37. The summed E-state index contributed by atoms with van der Waals surface area (Å²) in [7, 11) is 3.20. The van der Waals surface area contributed by atoms with Crippen LogP contribution in [0, 0.1) is 0 Å². The van der Waals surface area contributed by atoms with Gasteiger partial charge in [-0.05, 0) is 62.2 Å². The zero-order chi connectivity index (χ0) is 21.7. The molecule has 0 radical (unpaired) electrons. The van der Waals surface area contributed by atoms with Crippen molar-refractivity contribution >= 4 is 17.7 Å². The second-order valence-corrected chi connectivity index (χ2v) is 9.14. The van der Waals surface area contributed by atoms with Crippen LogP contribution in [0.15, 0.2) is 47.4 Å². The highest BCUT2D eigenvalue weighted by atomic mass is 32.2. The Bertz CT molecular complexity index is 857. The first-order valence-corrected chi connectivity index (χ1v) is 11.0. The number of thioether (sulfide) groups is 1. The quantitative estimate of drug-likeness (QED) is 0.666. The monoisotopic (exact) mass is 430 g/mol. The van der Waals surface area contributed by atoms with Crippen LogP contribution in [-0.2, 0) is 11.3 Å². The van der Waals surface area contributed by atoms with E-state index in [4.69, 9.17) is 9.47 Å². The van der Waals surface area contributed by atoms with Crippen LogP contribution in [0.5, 0.6) is 17.2 Å². The van der Waals surface area contributed by atoms with Crippen LogP contribution in [0.2, 0.25) is 0 Å². The number of nitrogens with one attached hydrogen (secondary N) is 1.